The summed E-state index contributed by atoms with van der Waals surface area (Å²) in [4.78, 5) is 13.1. The highest BCUT2D eigenvalue weighted by molar-refractivity contribution is 5.84. The lowest BCUT2D eigenvalue weighted by Gasteiger charge is -2.16. The van der Waals surface area contributed by atoms with Crippen LogP contribution in [0.2, 0.25) is 0 Å². The van der Waals surface area contributed by atoms with Crippen LogP contribution in [0.4, 0.5) is 0 Å². The fraction of sp³-hybridized carbons (Fsp3) is 0.429. The minimum absolute atomic E-state index is 0.0114. The van der Waals surface area contributed by atoms with Gasteiger partial charge in [0.15, 0.2) is 0 Å². The van der Waals surface area contributed by atoms with Crippen molar-refractivity contribution in [2.24, 2.45) is 0 Å². The number of aromatic nitrogens is 2. The van der Waals surface area contributed by atoms with Gasteiger partial charge in [-0.1, -0.05) is 6.92 Å². The van der Waals surface area contributed by atoms with E-state index in [1.807, 2.05) is 30.9 Å². The van der Waals surface area contributed by atoms with E-state index in [1.165, 1.54) is 0 Å². The van der Waals surface area contributed by atoms with E-state index >= 15 is 0 Å². The van der Waals surface area contributed by atoms with Gasteiger partial charge in [0.2, 0.25) is 5.76 Å². The van der Waals surface area contributed by atoms with Crippen LogP contribution in [0.1, 0.15) is 28.8 Å². The average Bonchev–Trinajstić information content (AvgIpc) is 3.05. The van der Waals surface area contributed by atoms with Crippen LogP contribution in [0.25, 0.3) is 0 Å². The van der Waals surface area contributed by atoms with Crippen LogP contribution >= 0.6 is 0 Å². The number of carboxylic acid groups (broad SMARTS) is 1. The Morgan fingerprint density at radius 2 is 2.35 bits per heavy atom. The molecule has 2 heterocycles. The molecular formula is C14H19N3O3. The van der Waals surface area contributed by atoms with Crippen molar-refractivity contribution in [3.8, 4) is 0 Å². The molecule has 0 amide bonds. The van der Waals surface area contributed by atoms with Gasteiger partial charge in [-0.05, 0) is 19.2 Å². The fourth-order valence-electron chi connectivity index (χ4n) is 2.08. The van der Waals surface area contributed by atoms with Crippen molar-refractivity contribution in [1.82, 2.24) is 14.7 Å². The molecule has 0 bridgehead atoms. The summed E-state index contributed by atoms with van der Waals surface area (Å²) in [6.07, 6.45) is 4.37. The number of carbonyl (C=O) groups is 1. The van der Waals surface area contributed by atoms with Crippen LogP contribution in [-0.4, -0.2) is 39.3 Å². The molecule has 0 saturated carbocycles. The summed E-state index contributed by atoms with van der Waals surface area (Å²) in [5, 5.41) is 13.1. The highest BCUT2D eigenvalue weighted by atomic mass is 16.4. The second-order valence-electron chi connectivity index (χ2n) is 4.72. The van der Waals surface area contributed by atoms with Gasteiger partial charge < -0.3 is 14.4 Å². The van der Waals surface area contributed by atoms with E-state index in [-0.39, 0.29) is 5.76 Å². The third-order valence-electron chi connectivity index (χ3n) is 3.14. The van der Waals surface area contributed by atoms with Gasteiger partial charge in [0.25, 0.3) is 0 Å². The maximum Gasteiger partial charge on any atom is 0.371 e. The topological polar surface area (TPSA) is 71.5 Å². The molecule has 0 aliphatic rings. The summed E-state index contributed by atoms with van der Waals surface area (Å²) in [5.41, 5.74) is 0.938. The number of furan rings is 1. The number of aromatic carboxylic acids is 1. The van der Waals surface area contributed by atoms with Gasteiger partial charge in [-0.25, -0.2) is 4.79 Å². The Morgan fingerprint density at radius 3 is 2.95 bits per heavy atom. The Morgan fingerprint density at radius 1 is 1.55 bits per heavy atom. The molecule has 0 spiro atoms. The molecule has 2 rings (SSSR count). The van der Waals surface area contributed by atoms with Gasteiger partial charge in [0.1, 0.15) is 5.76 Å². The maximum atomic E-state index is 10.9. The molecule has 0 fully saturated rings. The van der Waals surface area contributed by atoms with E-state index in [4.69, 9.17) is 9.52 Å². The normalized spacial score (nSPS) is 11.2. The lowest BCUT2D eigenvalue weighted by atomic mass is 10.2. The van der Waals surface area contributed by atoms with E-state index in [0.29, 0.717) is 13.0 Å². The summed E-state index contributed by atoms with van der Waals surface area (Å²) in [6.45, 7) is 4.26. The van der Waals surface area contributed by atoms with Crippen molar-refractivity contribution in [3.63, 3.8) is 0 Å². The molecule has 2 aromatic heterocycles. The number of hydrogen-bond acceptors (Lipinski definition) is 4. The lowest BCUT2D eigenvalue weighted by molar-refractivity contribution is 0.0660. The summed E-state index contributed by atoms with van der Waals surface area (Å²) in [6, 6.07) is 3.51. The maximum absolute atomic E-state index is 10.9. The SMILES string of the molecule is CCc1oc(C(=O)O)cc1CN(C)CCn1cccn1. The van der Waals surface area contributed by atoms with E-state index < -0.39 is 5.97 Å². The molecule has 6 heteroatoms. The zero-order chi connectivity index (χ0) is 14.5. The zero-order valence-electron chi connectivity index (χ0n) is 11.7. The first kappa shape index (κ1) is 14.3. The van der Waals surface area contributed by atoms with E-state index in [2.05, 4.69) is 10.00 Å². The Bertz CT molecular complexity index is 560. The summed E-state index contributed by atoms with van der Waals surface area (Å²) in [7, 11) is 2.00. The summed E-state index contributed by atoms with van der Waals surface area (Å²) < 4.78 is 7.20. The highest BCUT2D eigenvalue weighted by Gasteiger charge is 2.15. The molecule has 0 aliphatic carbocycles. The molecule has 20 heavy (non-hydrogen) atoms. The Kier molecular flexibility index (Phi) is 4.57. The van der Waals surface area contributed by atoms with Crippen molar-refractivity contribution in [2.45, 2.75) is 26.4 Å². The van der Waals surface area contributed by atoms with Gasteiger partial charge in [0.05, 0.1) is 6.54 Å². The smallest absolute Gasteiger partial charge is 0.371 e. The van der Waals surface area contributed by atoms with Gasteiger partial charge in [0, 0.05) is 37.5 Å². The highest BCUT2D eigenvalue weighted by Crippen LogP contribution is 2.18. The van der Waals surface area contributed by atoms with Crippen molar-refractivity contribution in [3.05, 3.63) is 41.6 Å². The largest absolute Gasteiger partial charge is 0.475 e. The summed E-state index contributed by atoms with van der Waals surface area (Å²) in [5.74, 6) is -0.268. The predicted octanol–water partition coefficient (Wildman–Crippen LogP) is 1.87. The molecule has 0 aromatic carbocycles. The third-order valence-corrected chi connectivity index (χ3v) is 3.14. The van der Waals surface area contributed by atoms with Crippen molar-refractivity contribution in [1.29, 1.82) is 0 Å². The second kappa shape index (κ2) is 6.38. The zero-order valence-corrected chi connectivity index (χ0v) is 11.7. The van der Waals surface area contributed by atoms with Crippen molar-refractivity contribution >= 4 is 5.97 Å². The number of rotatable bonds is 7. The van der Waals surface area contributed by atoms with E-state index in [9.17, 15) is 4.79 Å². The number of aryl methyl sites for hydroxylation is 1. The number of likely N-dealkylation sites (N-methyl/N-ethyl adjacent to an activating group) is 1. The quantitative estimate of drug-likeness (QED) is 0.836. The minimum Gasteiger partial charge on any atom is -0.475 e. The number of carboxylic acids is 1. The first-order valence-corrected chi connectivity index (χ1v) is 6.61. The van der Waals surface area contributed by atoms with Crippen molar-refractivity contribution in [2.75, 3.05) is 13.6 Å². The summed E-state index contributed by atoms with van der Waals surface area (Å²) >= 11 is 0. The monoisotopic (exact) mass is 277 g/mol. The third kappa shape index (κ3) is 3.48. The fourth-order valence-corrected chi connectivity index (χ4v) is 2.08. The molecule has 2 aromatic rings. The van der Waals surface area contributed by atoms with Crippen LogP contribution < -0.4 is 0 Å². The molecular weight excluding hydrogens is 258 g/mol. The molecule has 0 unspecified atom stereocenters. The van der Waals surface area contributed by atoms with E-state index in [0.717, 1.165) is 24.4 Å². The average molecular weight is 277 g/mol. The van der Waals surface area contributed by atoms with Crippen molar-refractivity contribution < 1.29 is 14.3 Å². The molecule has 1 N–H and O–H groups in total. The molecule has 108 valence electrons. The van der Waals surface area contributed by atoms with Crippen LogP contribution in [0.15, 0.2) is 28.9 Å². The van der Waals surface area contributed by atoms with Crippen LogP contribution in [-0.2, 0) is 19.5 Å². The number of hydrogen-bond donors (Lipinski definition) is 1. The first-order valence-electron chi connectivity index (χ1n) is 6.61. The Labute approximate surface area is 117 Å². The van der Waals surface area contributed by atoms with Crippen LogP contribution in [0, 0.1) is 0 Å². The molecule has 0 saturated heterocycles. The van der Waals surface area contributed by atoms with Gasteiger partial charge in [-0.2, -0.15) is 5.10 Å². The second-order valence-corrected chi connectivity index (χ2v) is 4.72. The van der Waals surface area contributed by atoms with Gasteiger partial charge in [-0.3, -0.25) is 4.68 Å². The first-order chi connectivity index (χ1) is 9.60. The molecule has 0 atom stereocenters. The Hall–Kier alpha value is -2.08. The molecule has 0 radical (unpaired) electrons. The van der Waals surface area contributed by atoms with Gasteiger partial charge >= 0.3 is 5.97 Å². The molecule has 0 aliphatic heterocycles. The molecule has 6 nitrogen and oxygen atoms in total. The minimum atomic E-state index is -1.02. The lowest BCUT2D eigenvalue weighted by Crippen LogP contribution is -2.23. The standard InChI is InChI=1S/C14H19N3O3/c1-3-12-11(9-13(20-12)14(18)19)10-16(2)7-8-17-6-4-5-15-17/h4-6,9H,3,7-8,10H2,1-2H3,(H,18,19). The van der Waals surface area contributed by atoms with Crippen LogP contribution in [0.3, 0.4) is 0 Å². The predicted molar refractivity (Wildman–Crippen MR) is 73.6 cm³/mol. The Balaban J connectivity index is 1.96. The van der Waals surface area contributed by atoms with E-state index in [1.54, 1.807) is 12.3 Å². The van der Waals surface area contributed by atoms with Crippen LogP contribution in [0.5, 0.6) is 0 Å². The number of nitrogens with zero attached hydrogens (tertiary/aromatic N) is 3. The van der Waals surface area contributed by atoms with Gasteiger partial charge in [-0.15, -0.1) is 0 Å².